The van der Waals surface area contributed by atoms with E-state index in [2.05, 4.69) is 12.1 Å². The fourth-order valence-corrected chi connectivity index (χ4v) is 6.53. The molecular weight excluding hydrogens is 544 g/mol. The van der Waals surface area contributed by atoms with Gasteiger partial charge >= 0.3 is 0 Å². The fourth-order valence-electron chi connectivity index (χ4n) is 6.53. The van der Waals surface area contributed by atoms with Gasteiger partial charge in [-0.3, -0.25) is 0 Å². The quantitative estimate of drug-likeness (QED) is 0.188. The highest BCUT2D eigenvalue weighted by Gasteiger charge is 2.18. The Hall–Kier alpha value is -5.92. The number of furan rings is 1. The molecule has 0 saturated heterocycles. The molecule has 0 radical (unpaired) electrons. The Labute approximate surface area is 274 Å². The number of hydrogen-bond donors (Lipinski definition) is 0. The predicted octanol–water partition coefficient (Wildman–Crippen LogP) is 12.6. The summed E-state index contributed by atoms with van der Waals surface area (Å²) >= 11 is 0. The van der Waals surface area contributed by atoms with Gasteiger partial charge in [0, 0.05) is 10.9 Å². The maximum atomic E-state index is 9.30. The maximum Gasteiger partial charge on any atom is 0.135 e. The Kier molecular flexibility index (Phi) is 4.15. The number of benzene rings is 8. The summed E-state index contributed by atoms with van der Waals surface area (Å²) in [6.45, 7) is 0. The van der Waals surface area contributed by atoms with Crippen LogP contribution in [0.1, 0.15) is 12.3 Å². The molecule has 9 aromatic rings. The summed E-state index contributed by atoms with van der Waals surface area (Å²) in [6, 6.07) is 33.2. The van der Waals surface area contributed by atoms with Crippen molar-refractivity contribution in [3.63, 3.8) is 0 Å². The zero-order valence-corrected chi connectivity index (χ0v) is 23.9. The molecule has 0 atom stereocenters. The Morgan fingerprint density at radius 1 is 0.400 bits per heavy atom. The molecule has 1 heterocycles. The maximum absolute atomic E-state index is 9.30. The van der Waals surface area contributed by atoms with E-state index < -0.39 is 42.3 Å². The van der Waals surface area contributed by atoms with Crippen LogP contribution in [-0.2, 0) is 0 Å². The molecule has 0 aliphatic heterocycles. The summed E-state index contributed by atoms with van der Waals surface area (Å²) in [5, 5.41) is 4.12. The molecule has 0 aliphatic rings. The minimum absolute atomic E-state index is 0.0843. The molecule has 0 fully saturated rings. The van der Waals surface area contributed by atoms with E-state index in [4.69, 9.17) is 14.0 Å². The van der Waals surface area contributed by atoms with Gasteiger partial charge in [-0.1, -0.05) is 151 Å². The average molecular weight is 582 g/mol. The highest BCUT2D eigenvalue weighted by molar-refractivity contribution is 6.24. The largest absolute Gasteiger partial charge is 0.456 e. The lowest BCUT2D eigenvalue weighted by Crippen LogP contribution is -1.92. The molecule has 0 saturated carbocycles. The third-order valence-corrected chi connectivity index (χ3v) is 8.48. The molecule has 0 spiro atoms. The molecule has 210 valence electrons. The van der Waals surface area contributed by atoms with Crippen molar-refractivity contribution in [2.45, 2.75) is 0 Å². The molecule has 8 aromatic carbocycles. The van der Waals surface area contributed by atoms with E-state index in [-0.39, 0.29) is 34.0 Å². The van der Waals surface area contributed by atoms with Gasteiger partial charge in [0.15, 0.2) is 0 Å². The molecule has 0 aliphatic carbocycles. The zero-order chi connectivity index (χ0) is 37.6. The van der Waals surface area contributed by atoms with Crippen molar-refractivity contribution in [3.05, 3.63) is 170 Å². The van der Waals surface area contributed by atoms with Crippen molar-refractivity contribution in [1.29, 1.82) is 0 Å². The van der Waals surface area contributed by atoms with E-state index in [0.29, 0.717) is 16.3 Å². The Bertz CT molecular complexity index is 3010. The predicted molar refractivity (Wildman–Crippen MR) is 190 cm³/mol. The van der Waals surface area contributed by atoms with Crippen LogP contribution in [-0.4, -0.2) is 0 Å². The summed E-state index contributed by atoms with van der Waals surface area (Å²) in [4.78, 5) is 0. The van der Waals surface area contributed by atoms with Crippen LogP contribution >= 0.6 is 0 Å². The van der Waals surface area contributed by atoms with Crippen LogP contribution in [0.5, 0.6) is 0 Å². The molecule has 1 heteroatoms. The summed E-state index contributed by atoms with van der Waals surface area (Å²) < 4.78 is 85.1. The molecule has 0 unspecified atom stereocenters. The first kappa shape index (κ1) is 18.0. The first-order chi connectivity index (χ1) is 26.1. The van der Waals surface area contributed by atoms with Crippen molar-refractivity contribution in [2.24, 2.45) is 0 Å². The number of hydrogen-bond acceptors (Lipinski definition) is 1. The van der Waals surface area contributed by atoms with Crippen molar-refractivity contribution in [1.82, 2.24) is 0 Å². The Morgan fingerprint density at radius 2 is 1.02 bits per heavy atom. The Morgan fingerprint density at radius 3 is 1.80 bits per heavy atom. The summed E-state index contributed by atoms with van der Waals surface area (Å²) in [5.41, 5.74) is 5.02. The van der Waals surface area contributed by atoms with Gasteiger partial charge in [-0.25, -0.2) is 0 Å². The van der Waals surface area contributed by atoms with Crippen LogP contribution in [0.15, 0.2) is 174 Å². The lowest BCUT2D eigenvalue weighted by atomic mass is 9.84. The first-order valence-corrected chi connectivity index (χ1v) is 14.7. The van der Waals surface area contributed by atoms with Crippen LogP contribution < -0.4 is 0 Å². The van der Waals surface area contributed by atoms with Crippen LogP contribution in [0.2, 0.25) is 0 Å². The Balaban J connectivity index is 1.36. The smallest absolute Gasteiger partial charge is 0.135 e. The van der Waals surface area contributed by atoms with Gasteiger partial charge in [0.25, 0.3) is 0 Å². The number of rotatable bonds is 4. The summed E-state index contributed by atoms with van der Waals surface area (Å²) in [6.07, 6.45) is 0. The van der Waals surface area contributed by atoms with Gasteiger partial charge in [-0.15, -0.1) is 0 Å². The molecule has 0 bridgehead atoms. The highest BCUT2D eigenvalue weighted by atomic mass is 16.3. The zero-order valence-electron chi connectivity index (χ0n) is 32.9. The highest BCUT2D eigenvalue weighted by Crippen LogP contribution is 2.46. The molecule has 9 rings (SSSR count). The first-order valence-electron chi connectivity index (χ1n) is 19.2. The van der Waals surface area contributed by atoms with Crippen molar-refractivity contribution < 1.29 is 16.8 Å². The van der Waals surface area contributed by atoms with E-state index >= 15 is 0 Å². The van der Waals surface area contributed by atoms with Gasteiger partial charge in [0.1, 0.15) is 11.3 Å². The van der Waals surface area contributed by atoms with Crippen molar-refractivity contribution in [3.8, 4) is 44.7 Å². The fraction of sp³-hybridized carbons (Fsp3) is 0. The second kappa shape index (κ2) is 10.4. The monoisotopic (exact) mass is 581 g/mol. The molecule has 45 heavy (non-hydrogen) atoms. The topological polar surface area (TPSA) is 13.1 Å². The second-order valence-corrected chi connectivity index (χ2v) is 11.0. The number of fused-ring (bicyclic) bond motifs is 4. The van der Waals surface area contributed by atoms with Crippen LogP contribution in [0.4, 0.5) is 0 Å². The van der Waals surface area contributed by atoms with Gasteiger partial charge < -0.3 is 4.42 Å². The van der Waals surface area contributed by atoms with Crippen LogP contribution in [0.25, 0.3) is 88.0 Å². The second-order valence-electron chi connectivity index (χ2n) is 11.0. The van der Waals surface area contributed by atoms with E-state index in [0.717, 1.165) is 49.8 Å². The molecule has 0 N–H and O–H groups in total. The third kappa shape index (κ3) is 4.17. The van der Waals surface area contributed by atoms with Gasteiger partial charge in [0.2, 0.25) is 0 Å². The van der Waals surface area contributed by atoms with E-state index in [9.17, 15) is 2.74 Å². The minimum Gasteiger partial charge on any atom is -0.456 e. The molecule has 0 amide bonds. The van der Waals surface area contributed by atoms with E-state index in [1.54, 1.807) is 12.1 Å². The SMILES string of the molecule is [2H]c1c([2H])c([2H])c(-c2c3ccccc3c(-c3cccc4c(-c5ccc6oc(-c7ccccc7)cc6c5)cccc34)c3c([2H])c([2H])c([2H])c([2H])c23)c([2H])c1[2H]. The molecular formula is C44H28O. The summed E-state index contributed by atoms with van der Waals surface area (Å²) in [7, 11) is 0. The van der Waals surface area contributed by atoms with E-state index in [1.165, 1.54) is 0 Å². The average Bonchev–Trinajstić information content (AvgIpc) is 3.64. The minimum atomic E-state index is -0.545. The van der Waals surface area contributed by atoms with Crippen molar-refractivity contribution in [2.75, 3.05) is 0 Å². The lowest BCUT2D eigenvalue weighted by molar-refractivity contribution is 0.631. The van der Waals surface area contributed by atoms with Gasteiger partial charge in [-0.2, -0.15) is 0 Å². The van der Waals surface area contributed by atoms with Crippen LogP contribution in [0.3, 0.4) is 0 Å². The van der Waals surface area contributed by atoms with Crippen molar-refractivity contribution >= 4 is 43.3 Å². The standard InChI is InChI=1S/C44H28O/c1-3-13-29(14-4-1)42-28-32-27-31(25-26-41(32)45-42)33-21-11-23-35-34(33)22-12-24-36(35)44-39-19-9-7-17-37(39)43(30-15-5-2-6-16-30)38-18-8-10-20-40(38)44/h1-28H/i2D,5D,6D,7D,9D,15D,16D,17D,19D. The van der Waals surface area contributed by atoms with E-state index in [1.807, 2.05) is 91.0 Å². The summed E-state index contributed by atoms with van der Waals surface area (Å²) in [5.74, 6) is 0.776. The molecule has 1 nitrogen and oxygen atoms in total. The van der Waals surface area contributed by atoms with Gasteiger partial charge in [-0.05, 0) is 83.9 Å². The van der Waals surface area contributed by atoms with Crippen LogP contribution in [0, 0.1) is 0 Å². The third-order valence-electron chi connectivity index (χ3n) is 8.48. The normalized spacial score (nSPS) is 14.4. The molecule has 1 aromatic heterocycles. The van der Waals surface area contributed by atoms with Gasteiger partial charge in [0.05, 0.1) is 12.3 Å². The lowest BCUT2D eigenvalue weighted by Gasteiger charge is -2.19.